The fourth-order valence-corrected chi connectivity index (χ4v) is 1.78. The van der Waals surface area contributed by atoms with Crippen molar-refractivity contribution in [1.29, 1.82) is 0 Å². The first-order valence-corrected chi connectivity index (χ1v) is 5.95. The molecule has 0 unspecified atom stereocenters. The second-order valence-corrected chi connectivity index (χ2v) is 4.25. The van der Waals surface area contributed by atoms with Crippen molar-refractivity contribution in [3.63, 3.8) is 0 Å². The average Bonchev–Trinajstić information content (AvgIpc) is 2.82. The molecular formula is C14H16N2O2. The number of hydrogen-bond donors (Lipinski definition) is 1. The maximum absolute atomic E-state index is 12.0. The summed E-state index contributed by atoms with van der Waals surface area (Å²) >= 11 is 0. The molecule has 0 atom stereocenters. The van der Waals surface area contributed by atoms with Crippen molar-refractivity contribution in [2.24, 2.45) is 0 Å². The Hall–Kier alpha value is -2.10. The third-order valence-electron chi connectivity index (χ3n) is 2.86. The van der Waals surface area contributed by atoms with Gasteiger partial charge in [0.2, 0.25) is 0 Å². The summed E-state index contributed by atoms with van der Waals surface area (Å²) in [7, 11) is 0. The molecule has 0 aliphatic heterocycles. The molecule has 94 valence electrons. The van der Waals surface area contributed by atoms with Gasteiger partial charge in [-0.05, 0) is 25.0 Å². The number of aromatic nitrogens is 1. The summed E-state index contributed by atoms with van der Waals surface area (Å²) in [5.41, 5.74) is 3.21. The van der Waals surface area contributed by atoms with Gasteiger partial charge in [-0.15, -0.1) is 0 Å². The van der Waals surface area contributed by atoms with Crippen molar-refractivity contribution in [3.05, 3.63) is 46.8 Å². The molecular weight excluding hydrogens is 228 g/mol. The highest BCUT2D eigenvalue weighted by molar-refractivity contribution is 6.03. The van der Waals surface area contributed by atoms with Gasteiger partial charge in [0.25, 0.3) is 5.91 Å². The van der Waals surface area contributed by atoms with E-state index < -0.39 is 0 Å². The van der Waals surface area contributed by atoms with E-state index in [4.69, 9.17) is 4.52 Å². The van der Waals surface area contributed by atoms with Crippen molar-refractivity contribution >= 4 is 11.6 Å². The lowest BCUT2D eigenvalue weighted by Gasteiger charge is -2.09. The molecule has 18 heavy (non-hydrogen) atoms. The highest BCUT2D eigenvalue weighted by atomic mass is 16.5. The Morgan fingerprint density at radius 3 is 2.56 bits per heavy atom. The summed E-state index contributed by atoms with van der Waals surface area (Å²) in [6.45, 7) is 5.87. The Labute approximate surface area is 106 Å². The van der Waals surface area contributed by atoms with Crippen molar-refractivity contribution in [1.82, 2.24) is 5.16 Å². The van der Waals surface area contributed by atoms with Gasteiger partial charge in [0.05, 0.1) is 0 Å². The van der Waals surface area contributed by atoms with Crippen LogP contribution in [0.5, 0.6) is 0 Å². The van der Waals surface area contributed by atoms with Gasteiger partial charge in [-0.1, -0.05) is 30.3 Å². The molecule has 2 rings (SSSR count). The maximum atomic E-state index is 12.0. The number of amides is 1. The quantitative estimate of drug-likeness (QED) is 0.902. The first-order chi connectivity index (χ1) is 8.61. The number of carbonyl (C=O) groups is 1. The maximum Gasteiger partial charge on any atom is 0.277 e. The zero-order valence-corrected chi connectivity index (χ0v) is 10.8. The van der Waals surface area contributed by atoms with Crippen molar-refractivity contribution in [3.8, 4) is 0 Å². The van der Waals surface area contributed by atoms with Crippen LogP contribution in [-0.4, -0.2) is 11.1 Å². The second kappa shape index (κ2) is 5.04. The van der Waals surface area contributed by atoms with Crippen LogP contribution < -0.4 is 5.32 Å². The number of rotatable bonds is 3. The third-order valence-corrected chi connectivity index (χ3v) is 2.86. The summed E-state index contributed by atoms with van der Waals surface area (Å²) in [4.78, 5) is 12.0. The molecule has 0 spiro atoms. The van der Waals surface area contributed by atoms with Crippen LogP contribution in [0.3, 0.4) is 0 Å². The fraction of sp³-hybridized carbons (Fsp3) is 0.286. The van der Waals surface area contributed by atoms with Crippen molar-refractivity contribution < 1.29 is 9.32 Å². The molecule has 0 aliphatic carbocycles. The summed E-state index contributed by atoms with van der Waals surface area (Å²) < 4.78 is 5.02. The van der Waals surface area contributed by atoms with Crippen molar-refractivity contribution in [2.45, 2.75) is 27.2 Å². The van der Waals surface area contributed by atoms with Gasteiger partial charge in [0, 0.05) is 18.2 Å². The van der Waals surface area contributed by atoms with Crippen LogP contribution in [0, 0.1) is 13.8 Å². The summed E-state index contributed by atoms with van der Waals surface area (Å²) in [6, 6.07) is 7.56. The highest BCUT2D eigenvalue weighted by Crippen LogP contribution is 2.20. The lowest BCUT2D eigenvalue weighted by molar-refractivity contribution is 0.101. The van der Waals surface area contributed by atoms with Gasteiger partial charge in [-0.3, -0.25) is 4.79 Å². The number of nitrogens with zero attached hydrogens (tertiary/aromatic N) is 1. The first kappa shape index (κ1) is 12.4. The van der Waals surface area contributed by atoms with E-state index in [0.717, 1.165) is 23.2 Å². The van der Waals surface area contributed by atoms with Crippen LogP contribution in [0.15, 0.2) is 28.8 Å². The van der Waals surface area contributed by atoms with Crippen LogP contribution in [0.4, 0.5) is 5.69 Å². The lowest BCUT2D eigenvalue weighted by atomic mass is 10.1. The van der Waals surface area contributed by atoms with Gasteiger partial charge in [-0.2, -0.15) is 0 Å². The Bertz CT molecular complexity index is 553. The normalized spacial score (nSPS) is 10.4. The molecule has 0 radical (unpaired) electrons. The minimum Gasteiger partial charge on any atom is -0.361 e. The van der Waals surface area contributed by atoms with Gasteiger partial charge in [0.15, 0.2) is 5.69 Å². The van der Waals surface area contributed by atoms with Crippen LogP contribution in [0.25, 0.3) is 0 Å². The monoisotopic (exact) mass is 244 g/mol. The van der Waals surface area contributed by atoms with Crippen LogP contribution in [-0.2, 0) is 6.42 Å². The number of aryl methyl sites for hydroxylation is 3. The van der Waals surface area contributed by atoms with E-state index in [0.29, 0.717) is 11.5 Å². The minimum atomic E-state index is -0.240. The van der Waals surface area contributed by atoms with E-state index in [-0.39, 0.29) is 5.91 Å². The number of benzene rings is 1. The largest absolute Gasteiger partial charge is 0.361 e. The summed E-state index contributed by atoms with van der Waals surface area (Å²) in [6.07, 6.45) is 0.726. The van der Waals surface area contributed by atoms with Gasteiger partial charge < -0.3 is 9.84 Å². The molecule has 2 aromatic rings. The first-order valence-electron chi connectivity index (χ1n) is 5.95. The standard InChI is InChI=1S/C14H16N2O2/c1-4-11-8-12(16-18-11)14(17)15-13-9(2)6-5-7-10(13)3/h5-8H,4H2,1-3H3,(H,15,17). The number of nitrogens with one attached hydrogen (secondary N) is 1. The molecule has 1 N–H and O–H groups in total. The molecule has 0 aliphatic rings. The third kappa shape index (κ3) is 2.42. The Morgan fingerprint density at radius 1 is 1.33 bits per heavy atom. The van der Waals surface area contributed by atoms with E-state index in [1.54, 1.807) is 6.07 Å². The average molecular weight is 244 g/mol. The molecule has 0 saturated carbocycles. The Balaban J connectivity index is 2.21. The second-order valence-electron chi connectivity index (χ2n) is 4.25. The molecule has 4 heteroatoms. The molecule has 0 bridgehead atoms. The fourth-order valence-electron chi connectivity index (χ4n) is 1.78. The van der Waals surface area contributed by atoms with E-state index in [1.807, 2.05) is 39.0 Å². The van der Waals surface area contributed by atoms with E-state index >= 15 is 0 Å². The molecule has 1 aromatic heterocycles. The highest BCUT2D eigenvalue weighted by Gasteiger charge is 2.13. The predicted octanol–water partition coefficient (Wildman–Crippen LogP) is 3.11. The minimum absolute atomic E-state index is 0.240. The summed E-state index contributed by atoms with van der Waals surface area (Å²) in [5, 5.41) is 6.63. The topological polar surface area (TPSA) is 55.1 Å². The number of hydrogen-bond acceptors (Lipinski definition) is 3. The molecule has 1 aromatic carbocycles. The Kier molecular flexibility index (Phi) is 3.46. The smallest absolute Gasteiger partial charge is 0.277 e. The van der Waals surface area contributed by atoms with Gasteiger partial charge in [-0.25, -0.2) is 0 Å². The Morgan fingerprint density at radius 2 is 2.00 bits per heavy atom. The molecule has 1 amide bonds. The van der Waals surface area contributed by atoms with Crippen LogP contribution >= 0.6 is 0 Å². The number of para-hydroxylation sites is 1. The lowest BCUT2D eigenvalue weighted by Crippen LogP contribution is -2.14. The molecule has 4 nitrogen and oxygen atoms in total. The predicted molar refractivity (Wildman–Crippen MR) is 69.8 cm³/mol. The molecule has 1 heterocycles. The zero-order valence-electron chi connectivity index (χ0n) is 10.8. The molecule has 0 saturated heterocycles. The van der Waals surface area contributed by atoms with Crippen LogP contribution in [0.1, 0.15) is 34.3 Å². The van der Waals surface area contributed by atoms with Crippen molar-refractivity contribution in [2.75, 3.05) is 5.32 Å². The zero-order chi connectivity index (χ0) is 13.1. The van der Waals surface area contributed by atoms with Gasteiger partial charge in [0.1, 0.15) is 5.76 Å². The van der Waals surface area contributed by atoms with Gasteiger partial charge >= 0.3 is 0 Å². The SMILES string of the molecule is CCc1cc(C(=O)Nc2c(C)cccc2C)no1. The van der Waals surface area contributed by atoms with E-state index in [1.165, 1.54) is 0 Å². The number of carbonyl (C=O) groups excluding carboxylic acids is 1. The summed E-state index contributed by atoms with van der Waals surface area (Å²) in [5.74, 6) is 0.470. The van der Waals surface area contributed by atoms with E-state index in [2.05, 4.69) is 10.5 Å². The van der Waals surface area contributed by atoms with E-state index in [9.17, 15) is 4.79 Å². The number of anilines is 1. The van der Waals surface area contributed by atoms with Crippen LogP contribution in [0.2, 0.25) is 0 Å². The molecule has 0 fully saturated rings.